The molecule has 0 saturated heterocycles. The Labute approximate surface area is 465 Å². The molecule has 0 atom stereocenters. The van der Waals surface area contributed by atoms with Crippen LogP contribution in [0.1, 0.15) is 0 Å². The molecule has 0 aliphatic carbocycles. The summed E-state index contributed by atoms with van der Waals surface area (Å²) >= 11 is 0. The molecule has 1 radical (unpaired) electrons. The van der Waals surface area contributed by atoms with Gasteiger partial charge in [0.15, 0.2) is 0 Å². The van der Waals surface area contributed by atoms with Crippen molar-refractivity contribution in [3.63, 3.8) is 0 Å². The Kier molecular flexibility index (Phi) is 15.2. The summed E-state index contributed by atoms with van der Waals surface area (Å²) in [7, 11) is 0. The molecule has 13 aromatic rings. The van der Waals surface area contributed by atoms with E-state index in [1.807, 2.05) is 54.7 Å². The van der Waals surface area contributed by atoms with Gasteiger partial charge in [-0.3, -0.25) is 0 Å². The van der Waals surface area contributed by atoms with Gasteiger partial charge in [0.25, 0.3) is 0 Å². The van der Waals surface area contributed by atoms with E-state index < -0.39 is 0 Å². The van der Waals surface area contributed by atoms with Gasteiger partial charge in [-0.2, -0.15) is 0 Å². The Hall–Kier alpha value is -9.37. The minimum Gasteiger partial charge on any atom is -0.305 e. The molecule has 11 aromatic carbocycles. The Morgan fingerprint density at radius 3 is 1.10 bits per heavy atom. The maximum absolute atomic E-state index is 4.82. The van der Waals surface area contributed by atoms with Crippen LogP contribution in [0, 0.1) is 12.1 Å². The number of aromatic nitrogens is 2. The van der Waals surface area contributed by atoms with E-state index in [0.717, 1.165) is 72.4 Å². The van der Waals surface area contributed by atoms with Gasteiger partial charge in [0.05, 0.1) is 0 Å². The molecule has 0 spiro atoms. The van der Waals surface area contributed by atoms with Gasteiger partial charge in [0, 0.05) is 32.5 Å². The number of nitrogens with zero attached hydrogens (tertiary/aromatic N) is 2. The van der Waals surface area contributed by atoms with Crippen molar-refractivity contribution in [2.24, 2.45) is 0 Å². The summed E-state index contributed by atoms with van der Waals surface area (Å²) in [6.45, 7) is 0. The third-order valence-corrected chi connectivity index (χ3v) is 13.8. The van der Waals surface area contributed by atoms with Crippen LogP contribution in [-0.2, 0) is 20.1 Å². The summed E-state index contributed by atoms with van der Waals surface area (Å²) in [4.78, 5) is 9.04. The van der Waals surface area contributed by atoms with Crippen LogP contribution in [0.2, 0.25) is 0 Å². The van der Waals surface area contributed by atoms with Gasteiger partial charge in [-0.1, -0.05) is 176 Å². The van der Waals surface area contributed by atoms with Crippen molar-refractivity contribution in [3.05, 3.63) is 316 Å². The zero-order chi connectivity index (χ0) is 50.9. The van der Waals surface area contributed by atoms with Gasteiger partial charge in [-0.25, -0.2) is 0 Å². The Balaban J connectivity index is 0.000000427. The fraction of sp³-hybridized carbons (Fsp3) is 0. The molecular weight excluding hydrogens is 1110 g/mol. The Morgan fingerprint density at radius 2 is 0.623 bits per heavy atom. The van der Waals surface area contributed by atoms with E-state index in [9.17, 15) is 0 Å². The molecule has 0 amide bonds. The SMILES string of the molecule is [Ir].[c-]1ccc(-c2cccc(-c3cc(-c4cc(-c5ccccc5)cc(-c5ccccc5)c4)cc(-c4cc(-c5ccccc5)cc(-c5ccccc5)c4)c3)c2)cc1-c1nccc2ccccc12.[c-]1ccccc1-c1ccccn1. The summed E-state index contributed by atoms with van der Waals surface area (Å²) in [6.07, 6.45) is 3.68. The van der Waals surface area contributed by atoms with Crippen LogP contribution in [0.25, 0.3) is 122 Å². The number of benzene rings is 11. The van der Waals surface area contributed by atoms with Crippen molar-refractivity contribution in [1.82, 2.24) is 9.97 Å². The van der Waals surface area contributed by atoms with Crippen LogP contribution in [0.5, 0.6) is 0 Å². The second-order valence-corrected chi connectivity index (χ2v) is 18.8. The first-order chi connectivity index (χ1) is 37.6. The summed E-state index contributed by atoms with van der Waals surface area (Å²) in [5.74, 6) is 0. The largest absolute Gasteiger partial charge is 0.305 e. The van der Waals surface area contributed by atoms with Gasteiger partial charge >= 0.3 is 0 Å². The molecule has 3 heteroatoms. The van der Waals surface area contributed by atoms with Crippen LogP contribution < -0.4 is 0 Å². The van der Waals surface area contributed by atoms with E-state index in [1.165, 1.54) is 49.9 Å². The van der Waals surface area contributed by atoms with Gasteiger partial charge in [-0.15, -0.1) is 71.3 Å². The number of hydrogen-bond donors (Lipinski definition) is 0. The molecule has 2 nitrogen and oxygen atoms in total. The van der Waals surface area contributed by atoms with Crippen LogP contribution in [0.4, 0.5) is 0 Å². The zero-order valence-corrected chi connectivity index (χ0v) is 44.5. The third kappa shape index (κ3) is 11.5. The van der Waals surface area contributed by atoms with E-state index >= 15 is 0 Å². The molecule has 367 valence electrons. The molecule has 0 fully saturated rings. The number of pyridine rings is 2. The predicted molar refractivity (Wildman–Crippen MR) is 318 cm³/mol. The van der Waals surface area contributed by atoms with Gasteiger partial charge in [0.2, 0.25) is 0 Å². The summed E-state index contributed by atoms with van der Waals surface area (Å²) in [6, 6.07) is 110. The van der Waals surface area contributed by atoms with Crippen LogP contribution in [0.15, 0.2) is 304 Å². The third-order valence-electron chi connectivity index (χ3n) is 13.8. The monoisotopic (exact) mass is 1160 g/mol. The molecule has 0 saturated carbocycles. The average molecular weight is 1160 g/mol. The topological polar surface area (TPSA) is 25.8 Å². The predicted octanol–water partition coefficient (Wildman–Crippen LogP) is 19.6. The number of hydrogen-bond acceptors (Lipinski definition) is 2. The number of rotatable bonds is 10. The average Bonchev–Trinajstić information content (AvgIpc) is 3.53. The zero-order valence-electron chi connectivity index (χ0n) is 42.1. The quantitative estimate of drug-likeness (QED) is 0.128. The van der Waals surface area contributed by atoms with Crippen molar-refractivity contribution in [2.75, 3.05) is 0 Å². The van der Waals surface area contributed by atoms with E-state index in [0.29, 0.717) is 0 Å². The summed E-state index contributed by atoms with van der Waals surface area (Å²) in [5, 5.41) is 2.29. The molecule has 0 aliphatic rings. The van der Waals surface area contributed by atoms with Crippen LogP contribution in [-0.4, -0.2) is 9.97 Å². The number of fused-ring (bicyclic) bond motifs is 1. The van der Waals surface area contributed by atoms with E-state index in [4.69, 9.17) is 4.98 Å². The van der Waals surface area contributed by atoms with Crippen LogP contribution in [0.3, 0.4) is 0 Å². The van der Waals surface area contributed by atoms with Crippen LogP contribution >= 0.6 is 0 Å². The molecule has 0 unspecified atom stereocenters. The fourth-order valence-electron chi connectivity index (χ4n) is 9.98. The van der Waals surface area contributed by atoms with Gasteiger partial charge < -0.3 is 9.97 Å². The Morgan fingerprint density at radius 1 is 0.234 bits per heavy atom. The molecule has 0 N–H and O–H groups in total. The molecule has 13 rings (SSSR count). The maximum atomic E-state index is 4.82. The Bertz CT molecular complexity index is 3770. The van der Waals surface area contributed by atoms with Crippen molar-refractivity contribution in [1.29, 1.82) is 0 Å². The van der Waals surface area contributed by atoms with E-state index in [-0.39, 0.29) is 20.1 Å². The molecule has 0 aliphatic heterocycles. The fourth-order valence-corrected chi connectivity index (χ4v) is 9.98. The van der Waals surface area contributed by atoms with E-state index in [2.05, 4.69) is 260 Å². The summed E-state index contributed by atoms with van der Waals surface area (Å²) in [5.41, 5.74) is 22.6. The summed E-state index contributed by atoms with van der Waals surface area (Å²) < 4.78 is 0. The van der Waals surface area contributed by atoms with E-state index in [1.54, 1.807) is 6.20 Å². The maximum Gasteiger partial charge on any atom is 0.0167 e. The standard InChI is InChI=1S/C63H42N.C11H8N.Ir/c1-5-17-44(18-6-1)53-35-54(45-19-7-2-8-20-45)38-58(37-53)60-41-57(42-61(43-60)59-39-55(46-21-9-3-10-22-46)36-56(40-59)47-23-11-4-12-24-47)51-28-15-26-49(33-51)50-27-16-29-52(34-50)63-62-30-14-13-25-48(62)31-32-64-63;1-2-6-10(7-3-1)11-8-4-5-9-12-11;/h1-28,30-43H;1-6,8-9H;/q2*-1;. The van der Waals surface area contributed by atoms with Crippen molar-refractivity contribution >= 4 is 10.8 Å². The first-order valence-electron chi connectivity index (χ1n) is 25.7. The molecule has 2 aromatic heterocycles. The van der Waals surface area contributed by atoms with Gasteiger partial charge in [-0.05, 0) is 178 Å². The molecule has 77 heavy (non-hydrogen) atoms. The second kappa shape index (κ2) is 23.4. The van der Waals surface area contributed by atoms with Crippen molar-refractivity contribution in [2.45, 2.75) is 0 Å². The first-order valence-corrected chi connectivity index (χ1v) is 25.7. The van der Waals surface area contributed by atoms with Gasteiger partial charge in [0.1, 0.15) is 0 Å². The normalized spacial score (nSPS) is 10.8. The molecule has 0 bridgehead atoms. The first kappa shape index (κ1) is 49.8. The van der Waals surface area contributed by atoms with Crippen molar-refractivity contribution in [3.8, 4) is 112 Å². The molecule has 2 heterocycles. The minimum absolute atomic E-state index is 0. The minimum atomic E-state index is 0. The second-order valence-electron chi connectivity index (χ2n) is 18.8. The smallest absolute Gasteiger partial charge is 0.0167 e. The molecular formula is C74H50IrN2-2. The van der Waals surface area contributed by atoms with Crippen molar-refractivity contribution < 1.29 is 20.1 Å².